The van der Waals surface area contributed by atoms with Gasteiger partial charge in [-0.25, -0.2) is 9.37 Å². The second-order valence-electron chi connectivity index (χ2n) is 8.99. The maximum absolute atomic E-state index is 14.2. The summed E-state index contributed by atoms with van der Waals surface area (Å²) >= 11 is 0. The highest BCUT2D eigenvalue weighted by atomic mass is 19.1. The second-order valence-corrected chi connectivity index (χ2v) is 8.99. The molecule has 1 unspecified atom stereocenters. The minimum Gasteiger partial charge on any atom is -0.505 e. The van der Waals surface area contributed by atoms with Gasteiger partial charge in [-0.15, -0.1) is 0 Å². The number of rotatable bonds is 10. The van der Waals surface area contributed by atoms with Gasteiger partial charge < -0.3 is 32.2 Å². The van der Waals surface area contributed by atoms with Gasteiger partial charge in [-0.05, 0) is 55.2 Å². The molecule has 0 fully saturated rings. The fourth-order valence-electron chi connectivity index (χ4n) is 4.21. The summed E-state index contributed by atoms with van der Waals surface area (Å²) in [6.07, 6.45) is 2.35. The average molecular weight is 506 g/mol. The number of nitrogens with one attached hydrogen (secondary N) is 4. The highest BCUT2D eigenvalue weighted by Gasteiger charge is 2.21. The van der Waals surface area contributed by atoms with Crippen LogP contribution < -0.4 is 22.1 Å². The van der Waals surface area contributed by atoms with Crippen LogP contribution in [0.2, 0.25) is 0 Å². The smallest absolute Gasteiger partial charge is 0.165 e. The van der Waals surface area contributed by atoms with Crippen LogP contribution in [-0.4, -0.2) is 27.8 Å². The zero-order valence-corrected chi connectivity index (χ0v) is 22.0. The van der Waals surface area contributed by atoms with Gasteiger partial charge in [0, 0.05) is 36.6 Å². The van der Waals surface area contributed by atoms with Crippen molar-refractivity contribution in [3.05, 3.63) is 99.3 Å². The Bertz CT molecular complexity index is 1340. The molecule has 0 aliphatic rings. The summed E-state index contributed by atoms with van der Waals surface area (Å²) in [5.41, 5.74) is 18.7. The number of imidazole rings is 1. The number of nitrogens with two attached hydrogens (primary N) is 2. The van der Waals surface area contributed by atoms with Crippen molar-refractivity contribution in [2.45, 2.75) is 46.6 Å². The molecule has 0 bridgehead atoms. The van der Waals surface area contributed by atoms with Crippen LogP contribution in [0.25, 0.3) is 0 Å². The molecule has 1 atom stereocenters. The number of aromatic nitrogens is 2. The van der Waals surface area contributed by atoms with Gasteiger partial charge in [-0.1, -0.05) is 38.1 Å². The number of aromatic amines is 1. The molecule has 2 aromatic carbocycles. The fraction of sp³-hybridized carbons (Fsp3) is 0.286. The number of phenolic OH excluding ortho intramolecular Hbond substituents is 1. The van der Waals surface area contributed by atoms with Crippen molar-refractivity contribution in [2.75, 3.05) is 12.4 Å². The number of para-hydroxylation sites is 1. The highest BCUT2D eigenvalue weighted by molar-refractivity contribution is 6.11. The molecule has 9 heteroatoms. The first-order chi connectivity index (χ1) is 17.6. The first-order valence-electron chi connectivity index (χ1n) is 12.2. The van der Waals surface area contributed by atoms with E-state index in [1.54, 1.807) is 6.08 Å². The third-order valence-corrected chi connectivity index (χ3v) is 6.44. The van der Waals surface area contributed by atoms with Crippen LogP contribution in [-0.2, 0) is 13.0 Å². The maximum atomic E-state index is 14.2. The minimum absolute atomic E-state index is 0.0386. The Morgan fingerprint density at radius 3 is 2.54 bits per heavy atom. The van der Waals surface area contributed by atoms with Crippen molar-refractivity contribution in [1.82, 2.24) is 15.3 Å². The molecule has 0 aliphatic carbocycles. The molecule has 0 saturated carbocycles. The normalized spacial score (nSPS) is 13.2. The molecule has 3 rings (SSSR count). The van der Waals surface area contributed by atoms with E-state index in [1.165, 1.54) is 12.1 Å². The van der Waals surface area contributed by atoms with E-state index in [0.29, 0.717) is 29.9 Å². The summed E-state index contributed by atoms with van der Waals surface area (Å²) in [5, 5.41) is 25.1. The van der Waals surface area contributed by atoms with Crippen molar-refractivity contribution < 1.29 is 9.50 Å². The molecule has 37 heavy (non-hydrogen) atoms. The quantitative estimate of drug-likeness (QED) is 0.160. The number of aromatic hydroxyl groups is 1. The van der Waals surface area contributed by atoms with E-state index < -0.39 is 5.82 Å². The van der Waals surface area contributed by atoms with E-state index in [1.807, 2.05) is 59.0 Å². The molecule has 0 saturated heterocycles. The average Bonchev–Trinajstić information content (AvgIpc) is 3.22. The number of nitrogens with zero attached hydrogens (tertiary/aromatic N) is 1. The summed E-state index contributed by atoms with van der Waals surface area (Å²) in [5.74, 6) is -0.826. The molecular formula is C28H36FN7O. The van der Waals surface area contributed by atoms with Crippen molar-refractivity contribution in [3.63, 3.8) is 0 Å². The van der Waals surface area contributed by atoms with E-state index in [0.717, 1.165) is 28.2 Å². The van der Waals surface area contributed by atoms with Crippen LogP contribution in [0.15, 0.2) is 59.6 Å². The number of allylic oxidation sites excluding steroid dienone is 2. The van der Waals surface area contributed by atoms with E-state index in [9.17, 15) is 9.50 Å². The number of H-pyrrole nitrogens is 1. The van der Waals surface area contributed by atoms with Crippen molar-refractivity contribution in [1.29, 1.82) is 5.41 Å². The minimum atomic E-state index is -0.694. The lowest BCUT2D eigenvalue weighted by Crippen LogP contribution is -2.28. The highest BCUT2D eigenvalue weighted by Crippen LogP contribution is 2.29. The molecule has 0 aliphatic heterocycles. The summed E-state index contributed by atoms with van der Waals surface area (Å²) in [6.45, 7) is 7.96. The number of hydrogen-bond donors (Lipinski definition) is 7. The molecule has 9 N–H and O–H groups in total. The third kappa shape index (κ3) is 6.11. The number of hydrogen-bond acceptors (Lipinski definition) is 7. The zero-order chi connectivity index (χ0) is 27.3. The Kier molecular flexibility index (Phi) is 8.60. The third-order valence-electron chi connectivity index (χ3n) is 6.44. The molecule has 8 nitrogen and oxygen atoms in total. The van der Waals surface area contributed by atoms with Crippen LogP contribution >= 0.6 is 0 Å². The largest absolute Gasteiger partial charge is 0.505 e. The van der Waals surface area contributed by atoms with Gasteiger partial charge in [0.2, 0.25) is 0 Å². The molecule has 1 aromatic heterocycles. The van der Waals surface area contributed by atoms with Gasteiger partial charge in [-0.2, -0.15) is 0 Å². The lowest BCUT2D eigenvalue weighted by Gasteiger charge is -2.18. The Morgan fingerprint density at radius 1 is 1.22 bits per heavy atom. The van der Waals surface area contributed by atoms with Gasteiger partial charge >= 0.3 is 0 Å². The van der Waals surface area contributed by atoms with Gasteiger partial charge in [0.1, 0.15) is 11.5 Å². The molecule has 0 radical (unpaired) electrons. The molecule has 1 heterocycles. The summed E-state index contributed by atoms with van der Waals surface area (Å²) < 4.78 is 14.2. The predicted octanol–water partition coefficient (Wildman–Crippen LogP) is 4.45. The lowest BCUT2D eigenvalue weighted by molar-refractivity contribution is 0.430. The zero-order valence-electron chi connectivity index (χ0n) is 22.0. The Hall–Kier alpha value is -4.27. The number of halogens is 1. The van der Waals surface area contributed by atoms with Gasteiger partial charge in [-0.3, -0.25) is 5.41 Å². The maximum Gasteiger partial charge on any atom is 0.165 e. The first-order valence-corrected chi connectivity index (χ1v) is 12.2. The summed E-state index contributed by atoms with van der Waals surface area (Å²) in [6, 6.07) is 10.6. The van der Waals surface area contributed by atoms with E-state index in [2.05, 4.69) is 20.6 Å². The molecule has 0 amide bonds. The molecule has 0 spiro atoms. The molecule has 3 aromatic rings. The number of anilines is 1. The fourth-order valence-corrected chi connectivity index (χ4v) is 4.21. The first kappa shape index (κ1) is 27.3. The number of benzene rings is 2. The van der Waals surface area contributed by atoms with Crippen LogP contribution in [0, 0.1) is 25.1 Å². The summed E-state index contributed by atoms with van der Waals surface area (Å²) in [7, 11) is 1.85. The lowest BCUT2D eigenvalue weighted by atomic mass is 9.91. The van der Waals surface area contributed by atoms with Gasteiger partial charge in [0.25, 0.3) is 0 Å². The monoisotopic (exact) mass is 505 g/mol. The molecule has 196 valence electrons. The van der Waals surface area contributed by atoms with E-state index >= 15 is 0 Å². The number of phenols is 1. The van der Waals surface area contributed by atoms with E-state index in [-0.39, 0.29) is 28.9 Å². The number of aryl methyl sites for hydroxylation is 3. The Labute approximate surface area is 217 Å². The topological polar surface area (TPSA) is 149 Å². The Morgan fingerprint density at radius 2 is 1.92 bits per heavy atom. The van der Waals surface area contributed by atoms with Crippen molar-refractivity contribution in [3.8, 4) is 5.75 Å². The SMILES string of the molecule is CCc1cc(O)c(F)cc1C(C)/C=C(N)\C(C(=N)c1nc(C)c(C)[nH]1)=C(/N)NCc1ccccc1NC. The van der Waals surface area contributed by atoms with Gasteiger partial charge in [0.15, 0.2) is 17.4 Å². The molecular weight excluding hydrogens is 469 g/mol. The predicted molar refractivity (Wildman–Crippen MR) is 147 cm³/mol. The van der Waals surface area contributed by atoms with Crippen LogP contribution in [0.5, 0.6) is 5.75 Å². The van der Waals surface area contributed by atoms with Crippen LogP contribution in [0.1, 0.15) is 53.7 Å². The summed E-state index contributed by atoms with van der Waals surface area (Å²) in [4.78, 5) is 7.58. The van der Waals surface area contributed by atoms with Gasteiger partial charge in [0.05, 0.1) is 11.3 Å². The standard InChI is InChI=1S/C28H36FN7O/c1-6-18-12-24(37)21(29)13-20(18)15(2)11-22(30)25(26(31)28-35-16(3)17(4)36-28)27(32)34-14-19-9-7-8-10-23(19)33-5/h7-13,15,31,33-34,37H,6,14,30,32H2,1-5H3,(H,35,36)/b22-11+,27-25-,31-26?. The van der Waals surface area contributed by atoms with Crippen LogP contribution in [0.4, 0.5) is 10.1 Å². The Balaban J connectivity index is 2.04. The van der Waals surface area contributed by atoms with Crippen molar-refractivity contribution in [2.24, 2.45) is 11.5 Å². The van der Waals surface area contributed by atoms with E-state index in [4.69, 9.17) is 16.9 Å². The second kappa shape index (κ2) is 11.6. The van der Waals surface area contributed by atoms with Crippen LogP contribution in [0.3, 0.4) is 0 Å². The van der Waals surface area contributed by atoms with Crippen molar-refractivity contribution >= 4 is 11.4 Å².